The minimum Gasteiger partial charge on any atom is -0.351 e. The van der Waals surface area contributed by atoms with E-state index in [1.807, 2.05) is 0 Å². The summed E-state index contributed by atoms with van der Waals surface area (Å²) in [7, 11) is -3.33. The van der Waals surface area contributed by atoms with Gasteiger partial charge >= 0.3 is 0 Å². The molecule has 0 N–H and O–H groups in total. The van der Waals surface area contributed by atoms with Crippen molar-refractivity contribution in [1.29, 1.82) is 0 Å². The third kappa shape index (κ3) is 2.64. The van der Waals surface area contributed by atoms with Crippen LogP contribution in [0.2, 0.25) is 0 Å². The normalized spacial score (nSPS) is 27.1. The molecule has 0 saturated carbocycles. The molecule has 5 heteroatoms. The zero-order chi connectivity index (χ0) is 7.61. The minimum absolute atomic E-state index is 0.532. The number of ether oxygens (including phenoxy) is 1. The van der Waals surface area contributed by atoms with Gasteiger partial charge in [0.05, 0.1) is 6.26 Å². The highest BCUT2D eigenvalue weighted by Crippen LogP contribution is 2.14. The molecule has 0 amide bonds. The summed E-state index contributed by atoms with van der Waals surface area (Å²) in [6.45, 7) is 0.597. The average molecular weight is 166 g/mol. The van der Waals surface area contributed by atoms with E-state index in [0.29, 0.717) is 13.0 Å². The van der Waals surface area contributed by atoms with Crippen molar-refractivity contribution in [3.8, 4) is 0 Å². The summed E-state index contributed by atoms with van der Waals surface area (Å²) in [5.41, 5.74) is 0. The van der Waals surface area contributed by atoms with E-state index >= 15 is 0 Å². The smallest absolute Gasteiger partial charge is 0.266 e. The SMILES string of the molecule is CS(=O)(=O)OC1CCCO1. The van der Waals surface area contributed by atoms with Crippen molar-refractivity contribution in [2.24, 2.45) is 0 Å². The molecule has 4 nitrogen and oxygen atoms in total. The molecular weight excluding hydrogens is 156 g/mol. The van der Waals surface area contributed by atoms with E-state index in [4.69, 9.17) is 4.74 Å². The van der Waals surface area contributed by atoms with Crippen molar-refractivity contribution in [2.45, 2.75) is 19.1 Å². The lowest BCUT2D eigenvalue weighted by Crippen LogP contribution is -2.15. The molecule has 1 heterocycles. The van der Waals surface area contributed by atoms with Gasteiger partial charge in [0.1, 0.15) is 0 Å². The molecule has 1 fully saturated rings. The average Bonchev–Trinajstić information content (AvgIpc) is 2.12. The van der Waals surface area contributed by atoms with Crippen LogP contribution in [0.3, 0.4) is 0 Å². The fourth-order valence-corrected chi connectivity index (χ4v) is 1.36. The standard InChI is InChI=1S/C5H10O4S/c1-10(6,7)9-5-3-2-4-8-5/h5H,2-4H2,1H3. The van der Waals surface area contributed by atoms with Gasteiger partial charge in [-0.3, -0.25) is 0 Å². The third-order valence-corrected chi connectivity index (χ3v) is 1.73. The van der Waals surface area contributed by atoms with E-state index in [-0.39, 0.29) is 0 Å². The van der Waals surface area contributed by atoms with Crippen LogP contribution in [0.1, 0.15) is 12.8 Å². The highest BCUT2D eigenvalue weighted by Gasteiger charge is 2.20. The molecule has 0 aromatic heterocycles. The first-order valence-electron chi connectivity index (χ1n) is 3.08. The van der Waals surface area contributed by atoms with Gasteiger partial charge in [-0.05, 0) is 6.42 Å². The Morgan fingerprint density at radius 1 is 1.60 bits per heavy atom. The Labute approximate surface area is 60.3 Å². The van der Waals surface area contributed by atoms with E-state index in [2.05, 4.69) is 4.18 Å². The van der Waals surface area contributed by atoms with Gasteiger partial charge in [-0.25, -0.2) is 4.18 Å². The molecule has 1 aliphatic heterocycles. The van der Waals surface area contributed by atoms with Crippen LogP contribution < -0.4 is 0 Å². The number of hydrogen-bond acceptors (Lipinski definition) is 4. The lowest BCUT2D eigenvalue weighted by atomic mass is 10.4. The first-order valence-corrected chi connectivity index (χ1v) is 4.89. The van der Waals surface area contributed by atoms with Gasteiger partial charge < -0.3 is 4.74 Å². The van der Waals surface area contributed by atoms with E-state index in [1.54, 1.807) is 0 Å². The molecule has 60 valence electrons. The summed E-state index contributed by atoms with van der Waals surface area (Å²) >= 11 is 0. The predicted octanol–water partition coefficient (Wildman–Crippen LogP) is 0.0991. The van der Waals surface area contributed by atoms with E-state index < -0.39 is 16.4 Å². The third-order valence-electron chi connectivity index (χ3n) is 1.17. The molecule has 0 radical (unpaired) electrons. The fraction of sp³-hybridized carbons (Fsp3) is 1.00. The van der Waals surface area contributed by atoms with E-state index in [1.165, 1.54) is 0 Å². The van der Waals surface area contributed by atoms with Crippen LogP contribution in [-0.2, 0) is 19.0 Å². The Morgan fingerprint density at radius 3 is 2.70 bits per heavy atom. The Morgan fingerprint density at radius 2 is 2.30 bits per heavy atom. The summed E-state index contributed by atoms with van der Waals surface area (Å²) in [4.78, 5) is 0. The molecule has 0 bridgehead atoms. The molecule has 0 aromatic carbocycles. The van der Waals surface area contributed by atoms with Crippen molar-refractivity contribution in [2.75, 3.05) is 12.9 Å². The largest absolute Gasteiger partial charge is 0.351 e. The molecule has 0 aliphatic carbocycles. The van der Waals surface area contributed by atoms with Crippen LogP contribution in [0.25, 0.3) is 0 Å². The first-order chi connectivity index (χ1) is 4.58. The topological polar surface area (TPSA) is 52.6 Å². The van der Waals surface area contributed by atoms with E-state index in [0.717, 1.165) is 12.7 Å². The monoisotopic (exact) mass is 166 g/mol. The maximum atomic E-state index is 10.5. The minimum atomic E-state index is -3.33. The van der Waals surface area contributed by atoms with Gasteiger partial charge in [0.2, 0.25) is 0 Å². The highest BCUT2D eigenvalue weighted by molar-refractivity contribution is 7.86. The van der Waals surface area contributed by atoms with Crippen LogP contribution in [0, 0.1) is 0 Å². The molecule has 1 saturated heterocycles. The maximum absolute atomic E-state index is 10.5. The van der Waals surface area contributed by atoms with Crippen molar-refractivity contribution in [1.82, 2.24) is 0 Å². The van der Waals surface area contributed by atoms with Crippen LogP contribution in [0.4, 0.5) is 0 Å². The molecule has 1 unspecified atom stereocenters. The summed E-state index contributed by atoms with van der Waals surface area (Å²) in [6.07, 6.45) is 2.04. The molecule has 10 heavy (non-hydrogen) atoms. The van der Waals surface area contributed by atoms with Crippen molar-refractivity contribution in [3.05, 3.63) is 0 Å². The summed E-state index contributed by atoms with van der Waals surface area (Å²) in [6, 6.07) is 0. The van der Waals surface area contributed by atoms with Crippen molar-refractivity contribution < 1.29 is 17.3 Å². The Kier molecular flexibility index (Phi) is 2.28. The molecule has 1 rings (SSSR count). The fourth-order valence-electron chi connectivity index (χ4n) is 0.819. The molecular formula is C5H10O4S. The van der Waals surface area contributed by atoms with Crippen LogP contribution in [0.5, 0.6) is 0 Å². The summed E-state index contributed by atoms with van der Waals surface area (Å²) < 4.78 is 30.4. The second-order valence-corrected chi connectivity index (χ2v) is 3.84. The molecule has 1 atom stereocenters. The van der Waals surface area contributed by atoms with Crippen LogP contribution in [-0.4, -0.2) is 27.6 Å². The number of hydrogen-bond donors (Lipinski definition) is 0. The van der Waals surface area contributed by atoms with Gasteiger partial charge in [-0.2, -0.15) is 8.42 Å². The maximum Gasteiger partial charge on any atom is 0.266 e. The van der Waals surface area contributed by atoms with Crippen LogP contribution >= 0.6 is 0 Å². The molecule has 0 aromatic rings. The van der Waals surface area contributed by atoms with Gasteiger partial charge in [-0.1, -0.05) is 0 Å². The van der Waals surface area contributed by atoms with E-state index in [9.17, 15) is 8.42 Å². The highest BCUT2D eigenvalue weighted by atomic mass is 32.2. The second kappa shape index (κ2) is 2.86. The zero-order valence-corrected chi connectivity index (χ0v) is 6.56. The lowest BCUT2D eigenvalue weighted by molar-refractivity contribution is -0.0338. The number of rotatable bonds is 2. The summed E-state index contributed by atoms with van der Waals surface area (Å²) in [5, 5.41) is 0. The molecule has 0 spiro atoms. The molecule has 1 aliphatic rings. The Hall–Kier alpha value is -0.130. The quantitative estimate of drug-likeness (QED) is 0.546. The first kappa shape index (κ1) is 7.97. The second-order valence-electron chi connectivity index (χ2n) is 2.24. The lowest BCUT2D eigenvalue weighted by Gasteiger charge is -2.06. The van der Waals surface area contributed by atoms with Gasteiger partial charge in [0.25, 0.3) is 10.1 Å². The van der Waals surface area contributed by atoms with Gasteiger partial charge in [0, 0.05) is 13.0 Å². The van der Waals surface area contributed by atoms with Gasteiger partial charge in [-0.15, -0.1) is 0 Å². The van der Waals surface area contributed by atoms with Gasteiger partial charge in [0.15, 0.2) is 6.29 Å². The summed E-state index contributed by atoms with van der Waals surface area (Å²) in [5.74, 6) is 0. The predicted molar refractivity (Wildman–Crippen MR) is 34.9 cm³/mol. The van der Waals surface area contributed by atoms with Crippen molar-refractivity contribution in [3.63, 3.8) is 0 Å². The Balaban J connectivity index is 2.38. The zero-order valence-electron chi connectivity index (χ0n) is 5.74. The van der Waals surface area contributed by atoms with Crippen LogP contribution in [0.15, 0.2) is 0 Å². The Bertz CT molecular complexity index is 190. The van der Waals surface area contributed by atoms with Crippen molar-refractivity contribution >= 4 is 10.1 Å².